The summed E-state index contributed by atoms with van der Waals surface area (Å²) in [6.07, 6.45) is 1.48. The molecule has 0 spiro atoms. The molecule has 3 N–H and O–H groups in total. The van der Waals surface area contributed by atoms with Crippen LogP contribution in [0.1, 0.15) is 29.1 Å². The van der Waals surface area contributed by atoms with E-state index in [0.717, 1.165) is 37.2 Å². The smallest absolute Gasteiger partial charge is 0.248 e. The molecule has 0 aliphatic carbocycles. The van der Waals surface area contributed by atoms with Gasteiger partial charge in [0.15, 0.2) is 0 Å². The second-order valence-electron chi connectivity index (χ2n) is 7.72. The topological polar surface area (TPSA) is 124 Å². The molecule has 166 valence electrons. The minimum absolute atomic E-state index is 0.0175. The molecule has 0 radical (unpaired) electrons. The first kappa shape index (κ1) is 21.5. The van der Waals surface area contributed by atoms with Gasteiger partial charge in [0.2, 0.25) is 23.5 Å². The average molecular weight is 435 g/mol. The molecule has 1 saturated heterocycles. The van der Waals surface area contributed by atoms with Gasteiger partial charge >= 0.3 is 0 Å². The third-order valence-electron chi connectivity index (χ3n) is 5.57. The summed E-state index contributed by atoms with van der Waals surface area (Å²) in [5.74, 6) is 1.28. The number of likely N-dealkylation sites (tertiary alicyclic amines) is 1. The third-order valence-corrected chi connectivity index (χ3v) is 5.57. The number of carbonyl (C=O) groups excluding carboxylic acids is 2. The fourth-order valence-corrected chi connectivity index (χ4v) is 3.68. The molecular formula is C23H25N5O4. The first-order chi connectivity index (χ1) is 15.5. The van der Waals surface area contributed by atoms with Gasteiger partial charge in [-0.05, 0) is 74.5 Å². The van der Waals surface area contributed by atoms with Crippen molar-refractivity contribution >= 4 is 17.5 Å². The molecule has 1 fully saturated rings. The Balaban J connectivity index is 1.27. The summed E-state index contributed by atoms with van der Waals surface area (Å²) >= 11 is 0. The van der Waals surface area contributed by atoms with Crippen LogP contribution >= 0.6 is 0 Å². The lowest BCUT2D eigenvalue weighted by atomic mass is 9.96. The summed E-state index contributed by atoms with van der Waals surface area (Å²) in [7, 11) is 1.62. The Bertz CT molecular complexity index is 1070. The van der Waals surface area contributed by atoms with Crippen LogP contribution in [0.5, 0.6) is 5.75 Å². The zero-order chi connectivity index (χ0) is 22.5. The lowest BCUT2D eigenvalue weighted by Crippen LogP contribution is -2.37. The van der Waals surface area contributed by atoms with E-state index in [2.05, 4.69) is 20.4 Å². The number of methoxy groups -OCH3 is 1. The number of nitrogens with one attached hydrogen (secondary N) is 1. The van der Waals surface area contributed by atoms with Crippen molar-refractivity contribution in [3.63, 3.8) is 0 Å². The number of benzene rings is 2. The Morgan fingerprint density at radius 3 is 2.44 bits per heavy atom. The molecule has 32 heavy (non-hydrogen) atoms. The maximum Gasteiger partial charge on any atom is 0.248 e. The quantitative estimate of drug-likeness (QED) is 0.585. The van der Waals surface area contributed by atoms with Crippen molar-refractivity contribution in [1.29, 1.82) is 0 Å². The standard InChI is InChI=1S/C23H25N5O4/c1-31-19-8-4-16(5-9-19)22-26-20(32-27-22)14-28-12-10-17(11-13-28)23(30)25-18-6-2-15(3-7-18)21(24)29/h2-9,17H,10-14H2,1H3,(H2,24,29)(H,25,30). The lowest BCUT2D eigenvalue weighted by molar-refractivity contribution is -0.121. The molecule has 0 saturated carbocycles. The number of carbonyl (C=O) groups is 2. The second-order valence-corrected chi connectivity index (χ2v) is 7.72. The average Bonchev–Trinajstić information content (AvgIpc) is 3.28. The SMILES string of the molecule is COc1ccc(-c2noc(CN3CCC(C(=O)Nc4ccc(C(N)=O)cc4)CC3)n2)cc1. The number of nitrogens with zero attached hydrogens (tertiary/aromatic N) is 3. The number of anilines is 1. The zero-order valence-corrected chi connectivity index (χ0v) is 17.8. The number of piperidine rings is 1. The number of primary amides is 1. The van der Waals surface area contributed by atoms with Gasteiger partial charge in [0.25, 0.3) is 0 Å². The number of hydrogen-bond acceptors (Lipinski definition) is 7. The molecular weight excluding hydrogens is 410 g/mol. The molecule has 1 aliphatic heterocycles. The summed E-state index contributed by atoms with van der Waals surface area (Å²) in [4.78, 5) is 30.4. The molecule has 1 aliphatic rings. The van der Waals surface area contributed by atoms with Gasteiger partial charge in [-0.15, -0.1) is 0 Å². The third kappa shape index (κ3) is 5.12. The molecule has 4 rings (SSSR count). The highest BCUT2D eigenvalue weighted by Crippen LogP contribution is 2.23. The van der Waals surface area contributed by atoms with E-state index in [1.807, 2.05) is 24.3 Å². The molecule has 0 unspecified atom stereocenters. The fourth-order valence-electron chi connectivity index (χ4n) is 3.68. The Hall–Kier alpha value is -3.72. The predicted molar refractivity (Wildman–Crippen MR) is 118 cm³/mol. The van der Waals surface area contributed by atoms with Crippen LogP contribution in [0.2, 0.25) is 0 Å². The van der Waals surface area contributed by atoms with Crippen LogP contribution in [0.25, 0.3) is 11.4 Å². The van der Waals surface area contributed by atoms with E-state index in [1.165, 1.54) is 0 Å². The Morgan fingerprint density at radius 1 is 1.12 bits per heavy atom. The van der Waals surface area contributed by atoms with Crippen LogP contribution in [0.3, 0.4) is 0 Å². The van der Waals surface area contributed by atoms with Gasteiger partial charge in [0.1, 0.15) is 5.75 Å². The number of hydrogen-bond donors (Lipinski definition) is 2. The molecule has 2 aromatic carbocycles. The Labute approximate surface area is 185 Å². The van der Waals surface area contributed by atoms with E-state index in [1.54, 1.807) is 31.4 Å². The number of amides is 2. The highest BCUT2D eigenvalue weighted by Gasteiger charge is 2.26. The second kappa shape index (κ2) is 9.61. The normalized spacial score (nSPS) is 14.8. The summed E-state index contributed by atoms with van der Waals surface area (Å²) in [5.41, 5.74) is 7.16. The highest BCUT2D eigenvalue weighted by molar-refractivity contribution is 5.95. The summed E-state index contributed by atoms with van der Waals surface area (Å²) in [5, 5.41) is 6.98. The van der Waals surface area contributed by atoms with Crippen LogP contribution in [-0.2, 0) is 11.3 Å². The number of nitrogens with two attached hydrogens (primary N) is 1. The molecule has 2 heterocycles. The van der Waals surface area contributed by atoms with Gasteiger partial charge in [-0.1, -0.05) is 5.16 Å². The number of rotatable bonds is 7. The van der Waals surface area contributed by atoms with Crippen LogP contribution in [0.4, 0.5) is 5.69 Å². The summed E-state index contributed by atoms with van der Waals surface area (Å²) < 4.78 is 10.6. The van der Waals surface area contributed by atoms with Crippen molar-refractivity contribution in [3.8, 4) is 17.1 Å². The van der Waals surface area contributed by atoms with Gasteiger partial charge in [-0.3, -0.25) is 14.5 Å². The Morgan fingerprint density at radius 2 is 1.81 bits per heavy atom. The maximum atomic E-state index is 12.6. The minimum atomic E-state index is -0.493. The van der Waals surface area contributed by atoms with E-state index in [0.29, 0.717) is 29.5 Å². The van der Waals surface area contributed by atoms with Crippen molar-refractivity contribution in [1.82, 2.24) is 15.0 Å². The van der Waals surface area contributed by atoms with E-state index >= 15 is 0 Å². The first-order valence-electron chi connectivity index (χ1n) is 10.4. The van der Waals surface area contributed by atoms with E-state index in [-0.39, 0.29) is 11.8 Å². The summed E-state index contributed by atoms with van der Waals surface area (Å²) in [6, 6.07) is 14.1. The van der Waals surface area contributed by atoms with E-state index < -0.39 is 5.91 Å². The highest BCUT2D eigenvalue weighted by atomic mass is 16.5. The predicted octanol–water partition coefficient (Wildman–Crippen LogP) is 2.69. The first-order valence-corrected chi connectivity index (χ1v) is 10.4. The van der Waals surface area contributed by atoms with Crippen molar-refractivity contribution in [3.05, 3.63) is 60.0 Å². The molecule has 0 bridgehead atoms. The van der Waals surface area contributed by atoms with Crippen molar-refractivity contribution in [2.75, 3.05) is 25.5 Å². The van der Waals surface area contributed by atoms with Crippen molar-refractivity contribution in [2.45, 2.75) is 19.4 Å². The summed E-state index contributed by atoms with van der Waals surface area (Å²) in [6.45, 7) is 2.07. The number of aromatic nitrogens is 2. The molecule has 9 nitrogen and oxygen atoms in total. The van der Waals surface area contributed by atoms with Crippen LogP contribution in [0.15, 0.2) is 53.1 Å². The van der Waals surface area contributed by atoms with Gasteiger partial charge in [-0.2, -0.15) is 4.98 Å². The molecule has 0 atom stereocenters. The van der Waals surface area contributed by atoms with E-state index in [4.69, 9.17) is 15.0 Å². The molecule has 3 aromatic rings. The van der Waals surface area contributed by atoms with Gasteiger partial charge < -0.3 is 20.3 Å². The van der Waals surface area contributed by atoms with Crippen molar-refractivity contribution < 1.29 is 18.8 Å². The zero-order valence-electron chi connectivity index (χ0n) is 17.8. The van der Waals surface area contributed by atoms with Gasteiger partial charge in [0, 0.05) is 22.7 Å². The number of ether oxygens (including phenoxy) is 1. The largest absolute Gasteiger partial charge is 0.497 e. The van der Waals surface area contributed by atoms with E-state index in [9.17, 15) is 9.59 Å². The van der Waals surface area contributed by atoms with Crippen LogP contribution in [0, 0.1) is 5.92 Å². The maximum absolute atomic E-state index is 12.6. The van der Waals surface area contributed by atoms with Crippen molar-refractivity contribution in [2.24, 2.45) is 11.7 Å². The Kier molecular flexibility index (Phi) is 6.46. The van der Waals surface area contributed by atoms with Crippen LogP contribution in [-0.4, -0.2) is 47.1 Å². The molecule has 2 amide bonds. The van der Waals surface area contributed by atoms with Gasteiger partial charge in [-0.25, -0.2) is 0 Å². The molecule has 1 aromatic heterocycles. The lowest BCUT2D eigenvalue weighted by Gasteiger charge is -2.30. The fraction of sp³-hybridized carbons (Fsp3) is 0.304. The molecule has 9 heteroatoms. The van der Waals surface area contributed by atoms with Gasteiger partial charge in [0.05, 0.1) is 13.7 Å². The van der Waals surface area contributed by atoms with Crippen LogP contribution < -0.4 is 15.8 Å². The monoisotopic (exact) mass is 435 g/mol. The minimum Gasteiger partial charge on any atom is -0.497 e.